The zero-order valence-corrected chi connectivity index (χ0v) is 8.25. The lowest BCUT2D eigenvalue weighted by Gasteiger charge is -2.10. The summed E-state index contributed by atoms with van der Waals surface area (Å²) in [6.45, 7) is 1.89. The molecule has 1 heterocycles. The fraction of sp³-hybridized carbons (Fsp3) is 0.875. The molecule has 1 rings (SSSR count). The van der Waals surface area contributed by atoms with Crippen molar-refractivity contribution in [1.29, 1.82) is 0 Å². The summed E-state index contributed by atoms with van der Waals surface area (Å²) < 4.78 is 0. The first-order valence-electron chi connectivity index (χ1n) is 4.32. The van der Waals surface area contributed by atoms with Gasteiger partial charge in [0.15, 0.2) is 0 Å². The van der Waals surface area contributed by atoms with Crippen LogP contribution >= 0.6 is 11.8 Å². The highest BCUT2D eigenvalue weighted by Crippen LogP contribution is 2.03. The molecule has 1 aliphatic heterocycles. The first-order chi connectivity index (χ1) is 5.83. The highest BCUT2D eigenvalue weighted by Gasteiger charge is 2.13. The van der Waals surface area contributed by atoms with Crippen molar-refractivity contribution in [2.45, 2.75) is 18.9 Å². The number of carbonyl (C=O) groups is 1. The third kappa shape index (κ3) is 3.45. The molecular weight excluding hydrogens is 172 g/mol. The summed E-state index contributed by atoms with van der Waals surface area (Å²) in [5.41, 5.74) is 0. The van der Waals surface area contributed by atoms with E-state index in [4.69, 9.17) is 0 Å². The Hall–Kier alpha value is -0.220. The third-order valence-electron chi connectivity index (χ3n) is 1.98. The average Bonchev–Trinajstić information content (AvgIpc) is 2.53. The molecule has 0 saturated carbocycles. The maximum Gasteiger partial charge on any atom is 0.230 e. The Morgan fingerprint density at radius 1 is 1.75 bits per heavy atom. The van der Waals surface area contributed by atoms with Gasteiger partial charge in [-0.3, -0.25) is 4.79 Å². The van der Waals surface area contributed by atoms with Gasteiger partial charge in [-0.25, -0.2) is 0 Å². The summed E-state index contributed by atoms with van der Waals surface area (Å²) in [6, 6.07) is 0.510. The second kappa shape index (κ2) is 5.43. The van der Waals surface area contributed by atoms with Gasteiger partial charge in [0.25, 0.3) is 0 Å². The average molecular weight is 188 g/mol. The van der Waals surface area contributed by atoms with Crippen molar-refractivity contribution in [2.75, 3.05) is 25.1 Å². The van der Waals surface area contributed by atoms with E-state index in [1.807, 2.05) is 6.26 Å². The van der Waals surface area contributed by atoms with Gasteiger partial charge < -0.3 is 10.6 Å². The number of amides is 1. The summed E-state index contributed by atoms with van der Waals surface area (Å²) in [4.78, 5) is 11.0. The molecule has 2 N–H and O–H groups in total. The molecule has 1 saturated heterocycles. The van der Waals surface area contributed by atoms with E-state index in [0.717, 1.165) is 13.1 Å². The summed E-state index contributed by atoms with van der Waals surface area (Å²) >= 11 is 1.56. The molecule has 0 spiro atoms. The highest BCUT2D eigenvalue weighted by molar-refractivity contribution is 7.99. The maximum absolute atomic E-state index is 11.0. The van der Waals surface area contributed by atoms with Gasteiger partial charge in [-0.2, -0.15) is 11.8 Å². The van der Waals surface area contributed by atoms with Crippen LogP contribution in [0.25, 0.3) is 0 Å². The lowest BCUT2D eigenvalue weighted by atomic mass is 10.2. The van der Waals surface area contributed by atoms with E-state index in [1.165, 1.54) is 12.8 Å². The van der Waals surface area contributed by atoms with Crippen molar-refractivity contribution in [3.63, 3.8) is 0 Å². The van der Waals surface area contributed by atoms with Crippen LogP contribution in [0.3, 0.4) is 0 Å². The van der Waals surface area contributed by atoms with Gasteiger partial charge >= 0.3 is 0 Å². The molecule has 1 aliphatic rings. The molecule has 3 nitrogen and oxygen atoms in total. The number of nitrogens with one attached hydrogen (secondary N) is 2. The predicted molar refractivity (Wildman–Crippen MR) is 52.4 cm³/mol. The van der Waals surface area contributed by atoms with Gasteiger partial charge in [0.05, 0.1) is 5.75 Å². The topological polar surface area (TPSA) is 41.1 Å². The van der Waals surface area contributed by atoms with Crippen LogP contribution in [0.2, 0.25) is 0 Å². The summed E-state index contributed by atoms with van der Waals surface area (Å²) in [5.74, 6) is 0.725. The van der Waals surface area contributed by atoms with E-state index in [1.54, 1.807) is 11.8 Å². The molecule has 70 valence electrons. The molecule has 0 bridgehead atoms. The van der Waals surface area contributed by atoms with Gasteiger partial charge in [-0.1, -0.05) is 0 Å². The van der Waals surface area contributed by atoms with Gasteiger partial charge in [0.2, 0.25) is 5.91 Å². The van der Waals surface area contributed by atoms with Crippen molar-refractivity contribution in [2.24, 2.45) is 0 Å². The normalized spacial score (nSPS) is 22.6. The van der Waals surface area contributed by atoms with Crippen LogP contribution in [0, 0.1) is 0 Å². The fourth-order valence-electron chi connectivity index (χ4n) is 1.35. The molecule has 1 unspecified atom stereocenters. The largest absolute Gasteiger partial charge is 0.354 e. The number of carbonyl (C=O) groups excluding carboxylic acids is 1. The van der Waals surface area contributed by atoms with Gasteiger partial charge in [0, 0.05) is 12.6 Å². The summed E-state index contributed by atoms with van der Waals surface area (Å²) in [7, 11) is 0. The molecule has 0 aliphatic carbocycles. The van der Waals surface area contributed by atoms with E-state index in [2.05, 4.69) is 10.6 Å². The van der Waals surface area contributed by atoms with Gasteiger partial charge in [-0.05, 0) is 25.6 Å². The molecule has 4 heteroatoms. The second-order valence-electron chi connectivity index (χ2n) is 3.03. The SMILES string of the molecule is CSCC(=O)NCC1CCCN1. The molecular formula is C8H16N2OS. The smallest absolute Gasteiger partial charge is 0.230 e. The Balaban J connectivity index is 2.03. The van der Waals surface area contributed by atoms with Crippen LogP contribution in [0.15, 0.2) is 0 Å². The lowest BCUT2D eigenvalue weighted by Crippen LogP contribution is -2.37. The van der Waals surface area contributed by atoms with E-state index in [0.29, 0.717) is 11.8 Å². The Morgan fingerprint density at radius 2 is 2.58 bits per heavy atom. The van der Waals surface area contributed by atoms with E-state index in [9.17, 15) is 4.79 Å². The van der Waals surface area contributed by atoms with Crippen molar-refractivity contribution in [3.8, 4) is 0 Å². The Kier molecular flexibility index (Phi) is 4.46. The number of thioether (sulfide) groups is 1. The molecule has 1 amide bonds. The van der Waals surface area contributed by atoms with Gasteiger partial charge in [-0.15, -0.1) is 0 Å². The van der Waals surface area contributed by atoms with Crippen LogP contribution in [-0.2, 0) is 4.79 Å². The highest BCUT2D eigenvalue weighted by atomic mass is 32.2. The lowest BCUT2D eigenvalue weighted by molar-refractivity contribution is -0.118. The van der Waals surface area contributed by atoms with Gasteiger partial charge in [0.1, 0.15) is 0 Å². The van der Waals surface area contributed by atoms with Crippen LogP contribution in [0.5, 0.6) is 0 Å². The fourth-order valence-corrected chi connectivity index (χ4v) is 1.71. The number of hydrogen-bond acceptors (Lipinski definition) is 3. The van der Waals surface area contributed by atoms with Crippen LogP contribution in [0.1, 0.15) is 12.8 Å². The first-order valence-corrected chi connectivity index (χ1v) is 5.71. The third-order valence-corrected chi connectivity index (χ3v) is 2.53. The van der Waals surface area contributed by atoms with Crippen LogP contribution in [-0.4, -0.2) is 37.0 Å². The minimum absolute atomic E-state index is 0.149. The van der Waals surface area contributed by atoms with E-state index >= 15 is 0 Å². The zero-order valence-electron chi connectivity index (χ0n) is 7.43. The standard InChI is InChI=1S/C8H16N2OS/c1-12-6-8(11)10-5-7-3-2-4-9-7/h7,9H,2-6H2,1H3,(H,10,11). The minimum atomic E-state index is 0.149. The molecule has 1 fully saturated rings. The summed E-state index contributed by atoms with van der Waals surface area (Å²) in [5, 5.41) is 6.24. The zero-order chi connectivity index (χ0) is 8.81. The van der Waals surface area contributed by atoms with Crippen molar-refractivity contribution < 1.29 is 4.79 Å². The van der Waals surface area contributed by atoms with E-state index < -0.39 is 0 Å². The second-order valence-corrected chi connectivity index (χ2v) is 3.90. The van der Waals surface area contributed by atoms with Crippen molar-refractivity contribution >= 4 is 17.7 Å². The van der Waals surface area contributed by atoms with Crippen molar-refractivity contribution in [3.05, 3.63) is 0 Å². The predicted octanol–water partition coefficient (Wildman–Crippen LogP) is 0.218. The first kappa shape index (κ1) is 9.86. The van der Waals surface area contributed by atoms with Crippen LogP contribution < -0.4 is 10.6 Å². The van der Waals surface area contributed by atoms with Crippen LogP contribution in [0.4, 0.5) is 0 Å². The summed E-state index contributed by atoms with van der Waals surface area (Å²) in [6.07, 6.45) is 4.37. The number of rotatable bonds is 4. The monoisotopic (exact) mass is 188 g/mol. The quantitative estimate of drug-likeness (QED) is 0.663. The maximum atomic E-state index is 11.0. The molecule has 12 heavy (non-hydrogen) atoms. The molecule has 0 aromatic rings. The Bertz CT molecular complexity index is 146. The Morgan fingerprint density at radius 3 is 3.17 bits per heavy atom. The number of hydrogen-bond donors (Lipinski definition) is 2. The minimum Gasteiger partial charge on any atom is -0.354 e. The molecule has 0 aromatic carbocycles. The van der Waals surface area contributed by atoms with E-state index in [-0.39, 0.29) is 5.91 Å². The Labute approximate surface area is 77.7 Å². The molecule has 0 radical (unpaired) electrons. The molecule has 0 aromatic heterocycles. The molecule has 1 atom stereocenters. The van der Waals surface area contributed by atoms with Crippen molar-refractivity contribution in [1.82, 2.24) is 10.6 Å².